The molecule has 2 fully saturated rings. The van der Waals surface area contributed by atoms with Crippen LogP contribution in [0.5, 0.6) is 0 Å². The predicted molar refractivity (Wildman–Crippen MR) is 144 cm³/mol. The van der Waals surface area contributed by atoms with E-state index < -0.39 is 18.8 Å². The van der Waals surface area contributed by atoms with E-state index in [9.17, 15) is 14.9 Å². The summed E-state index contributed by atoms with van der Waals surface area (Å²) in [4.78, 5) is 26.2. The fourth-order valence-corrected chi connectivity index (χ4v) is 7.08. The maximum absolute atomic E-state index is 13.5. The van der Waals surface area contributed by atoms with Crippen LogP contribution in [0.15, 0.2) is 54.6 Å². The third kappa shape index (κ3) is 4.80. The van der Waals surface area contributed by atoms with Crippen molar-refractivity contribution < 1.29 is 18.9 Å². The molecule has 2 aromatic carbocycles. The summed E-state index contributed by atoms with van der Waals surface area (Å²) in [5.74, 6) is -0.118. The zero-order valence-corrected chi connectivity index (χ0v) is 23.6. The van der Waals surface area contributed by atoms with E-state index in [1.54, 1.807) is 12.1 Å². The standard InChI is InChI=1S/C28H39N2O5Si/c1-27(2,3)36(6,7)35-25(20-11-9-8-10-12-20)23-18-17-22-24(28(4,5)34-26(31)29(22)23)19-13-15-21(16-14-19)30(32)33/h8-16,22-25,36H,17-18H2,1-7H3/q-1/t22-,23-,24?,25-/m1/s1. The Labute approximate surface area is 215 Å². The molecular formula is C28H39N2O5Si-. The first-order valence-corrected chi connectivity index (χ1v) is 16.3. The van der Waals surface area contributed by atoms with E-state index in [4.69, 9.17) is 9.16 Å². The van der Waals surface area contributed by atoms with Gasteiger partial charge < -0.3 is 0 Å². The number of hydrogen-bond acceptors (Lipinski definition) is 5. The van der Waals surface area contributed by atoms with E-state index in [1.807, 2.05) is 36.9 Å². The maximum atomic E-state index is 13.5. The molecule has 0 saturated carbocycles. The van der Waals surface area contributed by atoms with E-state index >= 15 is 0 Å². The summed E-state index contributed by atoms with van der Waals surface area (Å²) in [6, 6.07) is 16.7. The summed E-state index contributed by atoms with van der Waals surface area (Å²) >= 11 is 0. The first-order valence-electron chi connectivity index (χ1n) is 12.9. The first kappa shape index (κ1) is 26.4. The summed E-state index contributed by atoms with van der Waals surface area (Å²) in [6.45, 7) is 15.1. The number of carbonyl (C=O) groups excluding carboxylic acids is 1. The number of rotatable bonds is 6. The van der Waals surface area contributed by atoms with Gasteiger partial charge in [0.05, 0.1) is 0 Å². The summed E-state index contributed by atoms with van der Waals surface area (Å²) < 4.78 is 13.1. The van der Waals surface area contributed by atoms with Crippen molar-refractivity contribution in [2.24, 2.45) is 0 Å². The Balaban J connectivity index is 1.73. The van der Waals surface area contributed by atoms with Gasteiger partial charge in [-0.15, -0.1) is 0 Å². The number of non-ortho nitro benzene ring substituents is 1. The van der Waals surface area contributed by atoms with Crippen molar-refractivity contribution in [2.75, 3.05) is 0 Å². The van der Waals surface area contributed by atoms with Crippen LogP contribution in [-0.2, 0) is 9.16 Å². The van der Waals surface area contributed by atoms with Gasteiger partial charge in [0.15, 0.2) is 0 Å². The monoisotopic (exact) mass is 511 g/mol. The van der Waals surface area contributed by atoms with Gasteiger partial charge in [-0.25, -0.2) is 0 Å². The van der Waals surface area contributed by atoms with Crippen molar-refractivity contribution in [1.29, 1.82) is 0 Å². The number of hydrogen-bond donors (Lipinski definition) is 0. The van der Waals surface area contributed by atoms with Crippen LogP contribution in [0.4, 0.5) is 10.5 Å². The average molecular weight is 512 g/mol. The molecule has 36 heavy (non-hydrogen) atoms. The van der Waals surface area contributed by atoms with Crippen LogP contribution < -0.4 is 0 Å². The van der Waals surface area contributed by atoms with Crippen molar-refractivity contribution >= 4 is 20.1 Å². The molecule has 2 aliphatic rings. The van der Waals surface area contributed by atoms with E-state index in [0.717, 1.165) is 24.0 Å². The second-order valence-electron chi connectivity index (χ2n) is 12.5. The normalized spacial score (nSPS) is 25.1. The average Bonchev–Trinajstić information content (AvgIpc) is 3.21. The van der Waals surface area contributed by atoms with Crippen LogP contribution >= 0.6 is 0 Å². The van der Waals surface area contributed by atoms with Gasteiger partial charge >= 0.3 is 215 Å². The molecule has 4 rings (SSSR count). The molecular weight excluding hydrogens is 472 g/mol. The topological polar surface area (TPSA) is 81.9 Å². The fraction of sp³-hybridized carbons (Fsp3) is 0.536. The molecule has 1 unspecified atom stereocenters. The van der Waals surface area contributed by atoms with Gasteiger partial charge in [-0.2, -0.15) is 0 Å². The summed E-state index contributed by atoms with van der Waals surface area (Å²) in [7, 11) is -2.51. The minimum atomic E-state index is -2.51. The molecule has 0 aromatic heterocycles. The molecule has 196 valence electrons. The van der Waals surface area contributed by atoms with Crippen molar-refractivity contribution in [2.45, 2.75) is 95.3 Å². The molecule has 2 saturated heterocycles. The number of carbonyl (C=O) groups is 1. The van der Waals surface area contributed by atoms with Crippen LogP contribution in [0.1, 0.15) is 70.6 Å². The van der Waals surface area contributed by atoms with Crippen LogP contribution in [0.3, 0.4) is 0 Å². The van der Waals surface area contributed by atoms with E-state index in [2.05, 4.69) is 46.0 Å². The Morgan fingerprint density at radius 3 is 2.25 bits per heavy atom. The quantitative estimate of drug-likeness (QED) is 0.238. The second kappa shape index (κ2) is 9.30. The Morgan fingerprint density at radius 1 is 1.08 bits per heavy atom. The van der Waals surface area contributed by atoms with E-state index in [1.165, 1.54) is 12.1 Å². The first-order chi connectivity index (χ1) is 16.7. The molecule has 1 amide bonds. The molecule has 0 aliphatic carbocycles. The van der Waals surface area contributed by atoms with Gasteiger partial charge in [0.1, 0.15) is 0 Å². The Morgan fingerprint density at radius 2 is 1.69 bits per heavy atom. The van der Waals surface area contributed by atoms with Crippen molar-refractivity contribution in [3.8, 4) is 0 Å². The molecule has 7 nitrogen and oxygen atoms in total. The molecule has 0 bridgehead atoms. The molecule has 2 aliphatic heterocycles. The van der Waals surface area contributed by atoms with Crippen LogP contribution in [-0.4, -0.2) is 41.9 Å². The molecule has 0 N–H and O–H groups in total. The number of amides is 1. The molecule has 0 spiro atoms. The van der Waals surface area contributed by atoms with Gasteiger partial charge in [-0.3, -0.25) is 0 Å². The van der Waals surface area contributed by atoms with Crippen molar-refractivity contribution in [1.82, 2.24) is 4.90 Å². The predicted octanol–water partition coefficient (Wildman–Crippen LogP) is 6.94. The third-order valence-electron chi connectivity index (χ3n) is 8.68. The van der Waals surface area contributed by atoms with Crippen LogP contribution in [0.25, 0.3) is 0 Å². The molecule has 2 aromatic rings. The Bertz CT molecular complexity index is 1110. The molecule has 0 radical (unpaired) electrons. The zero-order chi connectivity index (χ0) is 26.5. The second-order valence-corrected chi connectivity index (χ2v) is 18.0. The Kier molecular flexibility index (Phi) is 6.81. The third-order valence-corrected chi connectivity index (χ3v) is 13.8. The summed E-state index contributed by atoms with van der Waals surface area (Å²) in [5.41, 5.74) is 1.33. The molecule has 8 heteroatoms. The van der Waals surface area contributed by atoms with E-state index in [-0.39, 0.29) is 40.9 Å². The minimum absolute atomic E-state index is 0.0454. The number of nitro benzene ring substituents is 1. The molecule has 2 heterocycles. The number of nitrogens with zero attached hydrogens (tertiary/aromatic N) is 2. The molecule has 4 atom stereocenters. The fourth-order valence-electron chi connectivity index (χ4n) is 5.60. The number of ether oxygens (including phenoxy) is 1. The number of fused-ring (bicyclic) bond motifs is 1. The van der Waals surface area contributed by atoms with Gasteiger partial charge in [0, 0.05) is 0 Å². The number of cyclic esters (lactones) is 1. The van der Waals surface area contributed by atoms with Gasteiger partial charge in [0.25, 0.3) is 0 Å². The van der Waals surface area contributed by atoms with Gasteiger partial charge in [-0.1, -0.05) is 0 Å². The number of benzene rings is 2. The summed E-state index contributed by atoms with van der Waals surface area (Å²) in [5, 5.41) is 11.2. The SMILES string of the molecule is CC1(C)OC(=O)N2[C@H](CC[C@@H]2[C@H](O[SiH-](C)(C)C(C)(C)C)c2ccccc2)C1c1ccc([N+](=O)[O-])cc1. The van der Waals surface area contributed by atoms with Crippen LogP contribution in [0, 0.1) is 10.1 Å². The van der Waals surface area contributed by atoms with Crippen LogP contribution in [0.2, 0.25) is 18.1 Å². The Hall–Kier alpha value is -2.71. The van der Waals surface area contributed by atoms with Gasteiger partial charge in [-0.05, 0) is 0 Å². The van der Waals surface area contributed by atoms with Crippen molar-refractivity contribution in [3.63, 3.8) is 0 Å². The summed E-state index contributed by atoms with van der Waals surface area (Å²) in [6.07, 6.45) is 1.06. The van der Waals surface area contributed by atoms with Gasteiger partial charge in [0.2, 0.25) is 0 Å². The zero-order valence-electron chi connectivity index (χ0n) is 22.4. The van der Waals surface area contributed by atoms with Crippen molar-refractivity contribution in [3.05, 3.63) is 75.8 Å². The number of nitro groups is 1. The van der Waals surface area contributed by atoms with E-state index in [0.29, 0.717) is 0 Å².